The molecule has 24 heavy (non-hydrogen) atoms. The van der Waals surface area contributed by atoms with E-state index in [-0.39, 0.29) is 17.9 Å². The average molecular weight is 324 g/mol. The number of amides is 1. The monoisotopic (exact) mass is 324 g/mol. The van der Waals surface area contributed by atoms with Gasteiger partial charge in [0.05, 0.1) is 12.5 Å². The highest BCUT2D eigenvalue weighted by Crippen LogP contribution is 2.33. The van der Waals surface area contributed by atoms with Gasteiger partial charge in [-0.25, -0.2) is 0 Å². The van der Waals surface area contributed by atoms with E-state index in [0.29, 0.717) is 26.1 Å². The lowest BCUT2D eigenvalue weighted by Gasteiger charge is -2.35. The van der Waals surface area contributed by atoms with Gasteiger partial charge in [0, 0.05) is 32.7 Å². The van der Waals surface area contributed by atoms with Gasteiger partial charge in [-0.15, -0.1) is 0 Å². The lowest BCUT2D eigenvalue weighted by atomic mass is 9.84. The summed E-state index contributed by atoms with van der Waals surface area (Å²) < 4.78 is 5.27. The van der Waals surface area contributed by atoms with Crippen LogP contribution in [0, 0.1) is 0 Å². The number of hydrogen-bond donors (Lipinski definition) is 1. The van der Waals surface area contributed by atoms with Gasteiger partial charge in [-0.3, -0.25) is 4.79 Å². The predicted molar refractivity (Wildman–Crippen MR) is 94.6 cm³/mol. The molecule has 0 saturated heterocycles. The Morgan fingerprint density at radius 2 is 1.92 bits per heavy atom. The summed E-state index contributed by atoms with van der Waals surface area (Å²) in [5.41, 5.74) is 9.43. The number of nitrogens with two attached hydrogens (primary N) is 1. The molecule has 0 saturated carbocycles. The maximum atomic E-state index is 12.7. The minimum atomic E-state index is -0.218. The Hall–Kier alpha value is -2.17. The van der Waals surface area contributed by atoms with E-state index in [4.69, 9.17) is 10.5 Å². The van der Waals surface area contributed by atoms with Crippen molar-refractivity contribution in [2.45, 2.75) is 25.0 Å². The third-order valence-electron chi connectivity index (χ3n) is 4.75. The van der Waals surface area contributed by atoms with Gasteiger partial charge in [0.15, 0.2) is 0 Å². The lowest BCUT2D eigenvalue weighted by Crippen LogP contribution is -2.41. The number of carbonyl (C=O) groups excluding carboxylic acids is 1. The van der Waals surface area contributed by atoms with Crippen molar-refractivity contribution in [1.82, 2.24) is 4.90 Å². The Balaban J connectivity index is 1.86. The quantitative estimate of drug-likeness (QED) is 0.919. The molecule has 1 amide bonds. The van der Waals surface area contributed by atoms with Crippen LogP contribution in [-0.4, -0.2) is 37.1 Å². The molecule has 2 N–H and O–H groups in total. The van der Waals surface area contributed by atoms with Gasteiger partial charge in [-0.2, -0.15) is 0 Å². The first-order valence-electron chi connectivity index (χ1n) is 8.36. The molecule has 0 fully saturated rings. The van der Waals surface area contributed by atoms with E-state index >= 15 is 0 Å². The fourth-order valence-electron chi connectivity index (χ4n) is 3.35. The summed E-state index contributed by atoms with van der Waals surface area (Å²) in [5, 5.41) is 0. The standard InChI is InChI=1S/C20H24N2O2/c1-24-17(12-21)11-20(23)22-13-16-9-5-6-10-18(16)19(14-22)15-7-3-2-4-8-15/h2-10,17,19H,11-14,21H2,1H3. The van der Waals surface area contributed by atoms with Crippen LogP contribution in [0.1, 0.15) is 29.0 Å². The highest BCUT2D eigenvalue weighted by atomic mass is 16.5. The average Bonchev–Trinajstić information content (AvgIpc) is 2.65. The summed E-state index contributed by atoms with van der Waals surface area (Å²) in [6.07, 6.45) is 0.112. The number of rotatable bonds is 5. The Kier molecular flexibility index (Phi) is 5.28. The first-order chi connectivity index (χ1) is 11.7. The third-order valence-corrected chi connectivity index (χ3v) is 4.75. The number of fused-ring (bicyclic) bond motifs is 1. The molecule has 2 unspecified atom stereocenters. The van der Waals surface area contributed by atoms with Crippen LogP contribution in [0.25, 0.3) is 0 Å². The molecule has 2 atom stereocenters. The van der Waals surface area contributed by atoms with E-state index in [9.17, 15) is 4.79 Å². The van der Waals surface area contributed by atoms with Crippen LogP contribution >= 0.6 is 0 Å². The van der Waals surface area contributed by atoms with Gasteiger partial charge < -0.3 is 15.4 Å². The van der Waals surface area contributed by atoms with E-state index < -0.39 is 0 Å². The second-order valence-electron chi connectivity index (χ2n) is 6.23. The van der Waals surface area contributed by atoms with E-state index in [1.807, 2.05) is 29.2 Å². The van der Waals surface area contributed by atoms with Gasteiger partial charge in [-0.05, 0) is 16.7 Å². The molecule has 2 aromatic carbocycles. The van der Waals surface area contributed by atoms with Crippen molar-refractivity contribution >= 4 is 5.91 Å². The van der Waals surface area contributed by atoms with Crippen LogP contribution < -0.4 is 5.73 Å². The minimum Gasteiger partial charge on any atom is -0.380 e. The van der Waals surface area contributed by atoms with Crippen molar-refractivity contribution in [3.05, 3.63) is 71.3 Å². The third kappa shape index (κ3) is 3.50. The van der Waals surface area contributed by atoms with Crippen LogP contribution in [0.4, 0.5) is 0 Å². The summed E-state index contributed by atoms with van der Waals surface area (Å²) in [5.74, 6) is 0.307. The molecule has 0 spiro atoms. The number of ether oxygens (including phenoxy) is 1. The van der Waals surface area contributed by atoms with Crippen LogP contribution in [0.5, 0.6) is 0 Å². The van der Waals surface area contributed by atoms with Gasteiger partial charge in [0.1, 0.15) is 0 Å². The van der Waals surface area contributed by atoms with Crippen LogP contribution in [0.15, 0.2) is 54.6 Å². The first kappa shape index (κ1) is 16.7. The molecule has 4 nitrogen and oxygen atoms in total. The summed E-state index contributed by atoms with van der Waals surface area (Å²) in [4.78, 5) is 14.6. The molecule has 1 aliphatic heterocycles. The molecule has 1 aliphatic rings. The zero-order valence-electron chi connectivity index (χ0n) is 14.0. The fourth-order valence-corrected chi connectivity index (χ4v) is 3.35. The van der Waals surface area contributed by atoms with Gasteiger partial charge in [0.25, 0.3) is 0 Å². The highest BCUT2D eigenvalue weighted by Gasteiger charge is 2.29. The zero-order chi connectivity index (χ0) is 16.9. The molecule has 3 rings (SSSR count). The number of nitrogens with zero attached hydrogens (tertiary/aromatic N) is 1. The number of hydrogen-bond acceptors (Lipinski definition) is 3. The molecule has 0 bridgehead atoms. The molecule has 2 aromatic rings. The van der Waals surface area contributed by atoms with Gasteiger partial charge >= 0.3 is 0 Å². The molecule has 1 heterocycles. The highest BCUT2D eigenvalue weighted by molar-refractivity contribution is 5.77. The minimum absolute atomic E-state index is 0.0998. The fraction of sp³-hybridized carbons (Fsp3) is 0.350. The maximum absolute atomic E-state index is 12.7. The second-order valence-corrected chi connectivity index (χ2v) is 6.23. The van der Waals surface area contributed by atoms with Crippen molar-refractivity contribution in [2.24, 2.45) is 5.73 Å². The van der Waals surface area contributed by atoms with E-state index in [1.54, 1.807) is 7.11 Å². The predicted octanol–water partition coefficient (Wildman–Crippen LogP) is 2.52. The SMILES string of the molecule is COC(CN)CC(=O)N1Cc2ccccc2C(c2ccccc2)C1. The van der Waals surface area contributed by atoms with Crippen molar-refractivity contribution in [1.29, 1.82) is 0 Å². The van der Waals surface area contributed by atoms with Crippen molar-refractivity contribution < 1.29 is 9.53 Å². The molecule has 0 radical (unpaired) electrons. The van der Waals surface area contributed by atoms with Crippen LogP contribution in [0.2, 0.25) is 0 Å². The van der Waals surface area contributed by atoms with Crippen molar-refractivity contribution in [3.8, 4) is 0 Å². The smallest absolute Gasteiger partial charge is 0.225 e. The summed E-state index contributed by atoms with van der Waals surface area (Å²) in [6, 6.07) is 18.8. The maximum Gasteiger partial charge on any atom is 0.225 e. The molecule has 126 valence electrons. The summed E-state index contributed by atoms with van der Waals surface area (Å²) in [7, 11) is 1.60. The molecular formula is C20H24N2O2. The van der Waals surface area contributed by atoms with Gasteiger partial charge in [0.2, 0.25) is 5.91 Å². The van der Waals surface area contributed by atoms with Crippen LogP contribution in [-0.2, 0) is 16.1 Å². The summed E-state index contributed by atoms with van der Waals surface area (Å²) >= 11 is 0. The number of methoxy groups -OCH3 is 1. The number of benzene rings is 2. The lowest BCUT2D eigenvalue weighted by molar-refractivity contribution is -0.134. The first-order valence-corrected chi connectivity index (χ1v) is 8.36. The Morgan fingerprint density at radius 1 is 1.21 bits per heavy atom. The van der Waals surface area contributed by atoms with Crippen LogP contribution in [0.3, 0.4) is 0 Å². The van der Waals surface area contributed by atoms with E-state index in [0.717, 1.165) is 0 Å². The molecule has 0 aliphatic carbocycles. The van der Waals surface area contributed by atoms with Gasteiger partial charge in [-0.1, -0.05) is 54.6 Å². The normalized spacial score (nSPS) is 18.1. The molecule has 4 heteroatoms. The largest absolute Gasteiger partial charge is 0.380 e. The van der Waals surface area contributed by atoms with E-state index in [2.05, 4.69) is 30.3 Å². The number of carbonyl (C=O) groups is 1. The Bertz CT molecular complexity index is 683. The zero-order valence-corrected chi connectivity index (χ0v) is 14.0. The Labute approximate surface area is 143 Å². The molecule has 0 aromatic heterocycles. The van der Waals surface area contributed by atoms with E-state index in [1.165, 1.54) is 16.7 Å². The van der Waals surface area contributed by atoms with Crippen molar-refractivity contribution in [2.75, 3.05) is 20.2 Å². The molecular weight excluding hydrogens is 300 g/mol. The second kappa shape index (κ2) is 7.60. The summed E-state index contributed by atoms with van der Waals surface area (Å²) in [6.45, 7) is 1.70. The topological polar surface area (TPSA) is 55.6 Å². The van der Waals surface area contributed by atoms with Crippen molar-refractivity contribution in [3.63, 3.8) is 0 Å². The Morgan fingerprint density at radius 3 is 2.62 bits per heavy atom.